The average molecular weight is 537 g/mol. The Balaban J connectivity index is 1.83. The normalized spacial score (nSPS) is 20.1. The topological polar surface area (TPSA) is 59.1 Å². The van der Waals surface area contributed by atoms with E-state index in [-0.39, 0.29) is 18.0 Å². The summed E-state index contributed by atoms with van der Waals surface area (Å²) in [6, 6.07) is 1.67. The summed E-state index contributed by atoms with van der Waals surface area (Å²) < 4.78 is 13.4. The number of benzene rings is 1. The van der Waals surface area contributed by atoms with E-state index in [4.69, 9.17) is 9.47 Å². The third-order valence-corrected chi connectivity index (χ3v) is 7.05. The fourth-order valence-corrected chi connectivity index (χ4v) is 4.18. The van der Waals surface area contributed by atoms with E-state index in [9.17, 15) is 9.59 Å². The lowest BCUT2D eigenvalue weighted by molar-refractivity contribution is 0.000933. The van der Waals surface area contributed by atoms with Gasteiger partial charge in [-0.2, -0.15) is 0 Å². The monoisotopic (exact) mass is 536 g/mol. The number of hydrogen-bond acceptors (Lipinski definition) is 4. The Morgan fingerprint density at radius 2 is 2.08 bits per heavy atom. The van der Waals surface area contributed by atoms with Crippen LogP contribution in [0.15, 0.2) is 10.5 Å². The molecule has 2 amide bonds. The van der Waals surface area contributed by atoms with Crippen LogP contribution in [0, 0.1) is 10.5 Å². The van der Waals surface area contributed by atoms with Crippen molar-refractivity contribution < 1.29 is 19.1 Å². The zero-order chi connectivity index (χ0) is 19.2. The lowest BCUT2D eigenvalue weighted by Gasteiger charge is -2.40. The average Bonchev–Trinajstić information content (AvgIpc) is 2.69. The molecular weight excluding hydrogens is 515 g/mol. The van der Waals surface area contributed by atoms with Gasteiger partial charge in [0, 0.05) is 33.2 Å². The van der Waals surface area contributed by atoms with E-state index in [1.807, 2.05) is 38.7 Å². The van der Waals surface area contributed by atoms with Crippen molar-refractivity contribution in [2.75, 3.05) is 26.2 Å². The van der Waals surface area contributed by atoms with Gasteiger partial charge in [0.15, 0.2) is 0 Å². The quantitative estimate of drug-likeness (QED) is 0.473. The Labute approximate surface area is 175 Å². The van der Waals surface area contributed by atoms with Crippen molar-refractivity contribution in [3.63, 3.8) is 0 Å². The maximum absolute atomic E-state index is 13.1. The van der Waals surface area contributed by atoms with E-state index in [0.717, 1.165) is 13.6 Å². The molecule has 26 heavy (non-hydrogen) atoms. The second-order valence-corrected chi connectivity index (χ2v) is 9.52. The highest BCUT2D eigenvalue weighted by Crippen LogP contribution is 2.37. The van der Waals surface area contributed by atoms with Gasteiger partial charge in [-0.1, -0.05) is 0 Å². The number of carbonyl (C=O) groups excluding carboxylic acids is 2. The summed E-state index contributed by atoms with van der Waals surface area (Å²) >= 11 is 5.76. The molecule has 142 valence electrons. The fraction of sp³-hybridized carbons (Fsp3) is 0.556. The molecule has 6 nitrogen and oxygen atoms in total. The van der Waals surface area contributed by atoms with Gasteiger partial charge in [0.2, 0.25) is 0 Å². The number of fused-ring (bicyclic) bond motifs is 2. The number of piperazine rings is 1. The maximum Gasteiger partial charge on any atom is 0.410 e. The molecular formula is C18H22BrIN2O4. The summed E-state index contributed by atoms with van der Waals surface area (Å²) in [4.78, 5) is 28.9. The van der Waals surface area contributed by atoms with Gasteiger partial charge in [0.1, 0.15) is 18.0 Å². The van der Waals surface area contributed by atoms with Crippen molar-refractivity contribution in [3.05, 3.63) is 25.2 Å². The number of nitrogens with zero attached hydrogens (tertiary/aromatic N) is 2. The molecule has 2 aliphatic rings. The van der Waals surface area contributed by atoms with Crippen LogP contribution in [0.3, 0.4) is 0 Å². The van der Waals surface area contributed by atoms with Crippen LogP contribution in [-0.2, 0) is 4.74 Å². The molecule has 0 aromatic heterocycles. The van der Waals surface area contributed by atoms with Crippen LogP contribution in [0.5, 0.6) is 5.75 Å². The molecule has 0 unspecified atom stereocenters. The van der Waals surface area contributed by atoms with Crippen LogP contribution < -0.4 is 4.74 Å². The Morgan fingerprint density at radius 3 is 2.73 bits per heavy atom. The summed E-state index contributed by atoms with van der Waals surface area (Å²) in [6.45, 7) is 9.17. The lowest BCUT2D eigenvalue weighted by atomic mass is 10.1. The standard InChI is InChI=1S/C18H22BrIN2O4/c1-10-14(19)13(20)7-12-15(10)25-9-11-8-21(5-6-22(11)16(12)23)17(24)26-18(2,3)4/h7,11H,5-6,8-9H2,1-4H3/t11-/m1/s1. The predicted molar refractivity (Wildman–Crippen MR) is 110 cm³/mol. The molecule has 1 aromatic rings. The van der Waals surface area contributed by atoms with Crippen LogP contribution >= 0.6 is 38.5 Å². The molecule has 1 saturated heterocycles. The van der Waals surface area contributed by atoms with Crippen molar-refractivity contribution in [2.24, 2.45) is 0 Å². The van der Waals surface area contributed by atoms with Gasteiger partial charge in [0.05, 0.1) is 11.6 Å². The molecule has 1 fully saturated rings. The van der Waals surface area contributed by atoms with Crippen molar-refractivity contribution in [2.45, 2.75) is 39.3 Å². The van der Waals surface area contributed by atoms with Gasteiger partial charge in [0.25, 0.3) is 5.91 Å². The number of rotatable bonds is 0. The fourth-order valence-electron chi connectivity index (χ4n) is 3.17. The van der Waals surface area contributed by atoms with Crippen LogP contribution in [-0.4, -0.2) is 59.7 Å². The van der Waals surface area contributed by atoms with Crippen LogP contribution in [0.25, 0.3) is 0 Å². The Hall–Kier alpha value is -1.03. The van der Waals surface area contributed by atoms with E-state index in [2.05, 4.69) is 38.5 Å². The van der Waals surface area contributed by atoms with Gasteiger partial charge < -0.3 is 19.3 Å². The molecule has 2 aliphatic heterocycles. The van der Waals surface area contributed by atoms with E-state index in [1.54, 1.807) is 4.90 Å². The minimum absolute atomic E-state index is 0.0418. The summed E-state index contributed by atoms with van der Waals surface area (Å²) in [5, 5.41) is 0. The summed E-state index contributed by atoms with van der Waals surface area (Å²) in [7, 11) is 0. The molecule has 0 aliphatic carbocycles. The first kappa shape index (κ1) is 19.7. The zero-order valence-electron chi connectivity index (χ0n) is 15.3. The minimum Gasteiger partial charge on any atom is -0.490 e. The van der Waals surface area contributed by atoms with Gasteiger partial charge in [-0.15, -0.1) is 0 Å². The first-order chi connectivity index (χ1) is 12.1. The molecule has 0 bridgehead atoms. The first-order valence-corrected chi connectivity index (χ1v) is 10.4. The third-order valence-electron chi connectivity index (χ3n) is 4.44. The van der Waals surface area contributed by atoms with Crippen molar-refractivity contribution >= 4 is 50.5 Å². The highest BCUT2D eigenvalue weighted by atomic mass is 127. The van der Waals surface area contributed by atoms with E-state index in [1.165, 1.54) is 0 Å². The first-order valence-electron chi connectivity index (χ1n) is 8.49. The number of ether oxygens (including phenoxy) is 2. The highest BCUT2D eigenvalue weighted by molar-refractivity contribution is 14.1. The summed E-state index contributed by atoms with van der Waals surface area (Å²) in [5.74, 6) is 0.584. The highest BCUT2D eigenvalue weighted by Gasteiger charge is 2.38. The van der Waals surface area contributed by atoms with Gasteiger partial charge in [-0.05, 0) is 72.3 Å². The third kappa shape index (κ3) is 3.81. The summed E-state index contributed by atoms with van der Waals surface area (Å²) in [5.41, 5.74) is 0.965. The largest absolute Gasteiger partial charge is 0.490 e. The van der Waals surface area contributed by atoms with E-state index < -0.39 is 5.60 Å². The van der Waals surface area contributed by atoms with Gasteiger partial charge >= 0.3 is 6.09 Å². The molecule has 2 heterocycles. The number of amides is 2. The van der Waals surface area contributed by atoms with Gasteiger partial charge in [-0.25, -0.2) is 4.79 Å². The molecule has 0 spiro atoms. The number of hydrogen-bond donors (Lipinski definition) is 0. The zero-order valence-corrected chi connectivity index (χ0v) is 19.0. The maximum atomic E-state index is 13.1. The predicted octanol–water partition coefficient (Wildman–Crippen LogP) is 3.82. The second kappa shape index (κ2) is 7.18. The van der Waals surface area contributed by atoms with Crippen molar-refractivity contribution in [3.8, 4) is 5.75 Å². The number of halogens is 2. The van der Waals surface area contributed by atoms with E-state index >= 15 is 0 Å². The lowest BCUT2D eigenvalue weighted by Crippen LogP contribution is -2.58. The van der Waals surface area contributed by atoms with E-state index in [0.29, 0.717) is 37.6 Å². The Bertz CT molecular complexity index is 763. The Morgan fingerprint density at radius 1 is 1.38 bits per heavy atom. The molecule has 1 atom stereocenters. The molecule has 0 radical (unpaired) electrons. The Kier molecular flexibility index (Phi) is 5.45. The van der Waals surface area contributed by atoms with Crippen LogP contribution in [0.4, 0.5) is 4.79 Å². The molecule has 8 heteroatoms. The second-order valence-electron chi connectivity index (χ2n) is 7.56. The summed E-state index contributed by atoms with van der Waals surface area (Å²) in [6.07, 6.45) is -0.347. The SMILES string of the molecule is Cc1c(Br)c(I)cc2c1OC[C@H]1CN(C(=O)OC(C)(C)C)CCN1C2=O. The smallest absolute Gasteiger partial charge is 0.410 e. The van der Waals surface area contributed by atoms with Crippen LogP contribution in [0.2, 0.25) is 0 Å². The minimum atomic E-state index is -0.541. The van der Waals surface area contributed by atoms with Gasteiger partial charge in [-0.3, -0.25) is 4.79 Å². The molecule has 0 saturated carbocycles. The molecule has 0 N–H and O–H groups in total. The number of carbonyl (C=O) groups is 2. The van der Waals surface area contributed by atoms with Crippen molar-refractivity contribution in [1.82, 2.24) is 9.80 Å². The van der Waals surface area contributed by atoms with Crippen molar-refractivity contribution in [1.29, 1.82) is 0 Å². The van der Waals surface area contributed by atoms with Crippen LogP contribution in [0.1, 0.15) is 36.7 Å². The molecule has 3 rings (SSSR count). The molecule has 1 aromatic carbocycles.